The van der Waals surface area contributed by atoms with Gasteiger partial charge in [0.1, 0.15) is 17.2 Å². The zero-order valence-electron chi connectivity index (χ0n) is 7.79. The Balaban J connectivity index is 2.37. The second-order valence-electron chi connectivity index (χ2n) is 2.96. The van der Waals surface area contributed by atoms with E-state index in [1.54, 1.807) is 0 Å². The van der Waals surface area contributed by atoms with Gasteiger partial charge in [0, 0.05) is 0 Å². The number of nitrogens with zero attached hydrogens (tertiary/aromatic N) is 3. The van der Waals surface area contributed by atoms with Gasteiger partial charge in [-0.25, -0.2) is 0 Å². The number of benzene rings is 1. The van der Waals surface area contributed by atoms with Gasteiger partial charge in [-0.2, -0.15) is 0 Å². The van der Waals surface area contributed by atoms with Gasteiger partial charge in [0.2, 0.25) is 0 Å². The molecular formula is C9H9N4O2+. The average molecular weight is 205 g/mol. The van der Waals surface area contributed by atoms with E-state index in [1.165, 1.54) is 4.68 Å². The molecule has 1 aromatic heterocycles. The lowest BCUT2D eigenvalue weighted by Gasteiger charge is -1.95. The lowest BCUT2D eigenvalue weighted by Crippen LogP contribution is -2.38. The Morgan fingerprint density at radius 2 is 2.13 bits per heavy atom. The van der Waals surface area contributed by atoms with Crippen molar-refractivity contribution in [1.29, 1.82) is 0 Å². The summed E-state index contributed by atoms with van der Waals surface area (Å²) in [6, 6.07) is 9.27. The maximum absolute atomic E-state index is 10.6. The van der Waals surface area contributed by atoms with Gasteiger partial charge in [0.05, 0.1) is 0 Å². The van der Waals surface area contributed by atoms with Crippen LogP contribution < -0.4 is 4.68 Å². The zero-order chi connectivity index (χ0) is 10.7. The van der Waals surface area contributed by atoms with E-state index in [9.17, 15) is 4.79 Å². The van der Waals surface area contributed by atoms with E-state index in [4.69, 9.17) is 5.11 Å². The molecule has 0 radical (unpaired) electrons. The molecule has 0 amide bonds. The van der Waals surface area contributed by atoms with Crippen LogP contribution in [0.3, 0.4) is 0 Å². The van der Waals surface area contributed by atoms with Gasteiger partial charge in [0.15, 0.2) is 5.21 Å². The topological polar surface area (TPSA) is 82.8 Å². The highest BCUT2D eigenvalue weighted by Gasteiger charge is 2.18. The molecule has 0 saturated carbocycles. The zero-order valence-corrected chi connectivity index (χ0v) is 7.79. The summed E-state index contributed by atoms with van der Waals surface area (Å²) >= 11 is 0. The van der Waals surface area contributed by atoms with Crippen LogP contribution in [0.5, 0.6) is 0 Å². The molecule has 0 spiro atoms. The fraction of sp³-hybridized carbons (Fsp3) is 0.111. The molecule has 0 bridgehead atoms. The summed E-state index contributed by atoms with van der Waals surface area (Å²) in [5.74, 6) is -0.567. The Kier molecular flexibility index (Phi) is 2.40. The smallest absolute Gasteiger partial charge is 0.317 e. The highest BCUT2D eigenvalue weighted by molar-refractivity contribution is 5.68. The summed E-state index contributed by atoms with van der Waals surface area (Å²) in [5.41, 5.74) is 0.804. The first-order chi connectivity index (χ1) is 7.27. The fourth-order valence-electron chi connectivity index (χ4n) is 1.26. The van der Waals surface area contributed by atoms with Crippen LogP contribution in [0.15, 0.2) is 30.3 Å². The average Bonchev–Trinajstić information content (AvgIpc) is 2.66. The van der Waals surface area contributed by atoms with Gasteiger partial charge in [-0.3, -0.25) is 4.79 Å². The molecule has 0 atom stereocenters. The van der Waals surface area contributed by atoms with Crippen molar-refractivity contribution in [3.8, 4) is 5.69 Å². The van der Waals surface area contributed by atoms with E-state index < -0.39 is 5.97 Å². The summed E-state index contributed by atoms with van der Waals surface area (Å²) < 4.78 is 1.54. The normalized spacial score (nSPS) is 10.1. The fourth-order valence-corrected chi connectivity index (χ4v) is 1.26. The third-order valence-corrected chi connectivity index (χ3v) is 1.89. The minimum atomic E-state index is -0.936. The van der Waals surface area contributed by atoms with Crippen LogP contribution in [-0.2, 0) is 11.2 Å². The number of tetrazole rings is 1. The van der Waals surface area contributed by atoms with Gasteiger partial charge in [-0.1, -0.05) is 23.4 Å². The van der Waals surface area contributed by atoms with Crippen molar-refractivity contribution in [2.45, 2.75) is 6.42 Å². The molecule has 0 unspecified atom stereocenters. The number of aliphatic carboxylic acids is 1. The summed E-state index contributed by atoms with van der Waals surface area (Å²) in [6.45, 7) is 0. The Bertz CT molecular complexity index is 466. The molecule has 0 aliphatic heterocycles. The van der Waals surface area contributed by atoms with E-state index in [2.05, 4.69) is 15.5 Å². The third kappa shape index (κ3) is 1.98. The van der Waals surface area contributed by atoms with Gasteiger partial charge in [-0.15, -0.1) is 4.68 Å². The minimum absolute atomic E-state index is 0.161. The van der Waals surface area contributed by atoms with Gasteiger partial charge in [-0.05, 0) is 12.1 Å². The number of para-hydroxylation sites is 1. The van der Waals surface area contributed by atoms with E-state index >= 15 is 0 Å². The molecule has 6 heteroatoms. The largest absolute Gasteiger partial charge is 0.481 e. The van der Waals surface area contributed by atoms with Crippen molar-refractivity contribution >= 4 is 5.97 Å². The number of aromatic amines is 1. The number of carboxylic acids is 1. The number of rotatable bonds is 3. The second-order valence-corrected chi connectivity index (χ2v) is 2.96. The lowest BCUT2D eigenvalue weighted by molar-refractivity contribution is -0.667. The molecule has 2 rings (SSSR count). The predicted octanol–water partition coefficient (Wildman–Crippen LogP) is -0.292. The summed E-state index contributed by atoms with van der Waals surface area (Å²) in [4.78, 5) is 10.6. The molecule has 6 nitrogen and oxygen atoms in total. The van der Waals surface area contributed by atoms with Crippen LogP contribution in [0.2, 0.25) is 0 Å². The molecule has 0 aliphatic rings. The lowest BCUT2D eigenvalue weighted by atomic mass is 10.3. The molecular weight excluding hydrogens is 196 g/mol. The number of hydrogen-bond acceptors (Lipinski definition) is 3. The van der Waals surface area contributed by atoms with Crippen LogP contribution in [0, 0.1) is 0 Å². The van der Waals surface area contributed by atoms with E-state index in [1.807, 2.05) is 30.3 Å². The molecule has 1 aromatic carbocycles. The highest BCUT2D eigenvalue weighted by atomic mass is 16.4. The van der Waals surface area contributed by atoms with Crippen LogP contribution in [0.4, 0.5) is 0 Å². The summed E-state index contributed by atoms with van der Waals surface area (Å²) in [6.07, 6.45) is -0.161. The molecule has 15 heavy (non-hydrogen) atoms. The summed E-state index contributed by atoms with van der Waals surface area (Å²) in [7, 11) is 0. The van der Waals surface area contributed by atoms with Crippen LogP contribution in [-0.4, -0.2) is 26.6 Å². The molecule has 0 aliphatic carbocycles. The number of hydrogen-bond donors (Lipinski definition) is 2. The molecule has 1 heterocycles. The van der Waals surface area contributed by atoms with Gasteiger partial charge < -0.3 is 5.11 Å². The first-order valence-electron chi connectivity index (χ1n) is 4.36. The van der Waals surface area contributed by atoms with Crippen molar-refractivity contribution in [1.82, 2.24) is 15.5 Å². The van der Waals surface area contributed by atoms with Crippen LogP contribution in [0.25, 0.3) is 5.69 Å². The Labute approximate surface area is 85.2 Å². The molecule has 76 valence electrons. The second kappa shape index (κ2) is 3.87. The standard InChI is InChI=1S/C9H8N4O2/c14-9(15)6-8-10-11-12-13(8)7-4-2-1-3-5-7/h1-5H,6H2,(H,14,15)/p+1. The van der Waals surface area contributed by atoms with E-state index in [0.717, 1.165) is 5.69 Å². The van der Waals surface area contributed by atoms with Crippen molar-refractivity contribution in [2.24, 2.45) is 0 Å². The Hall–Kier alpha value is -2.24. The maximum Gasteiger partial charge on any atom is 0.317 e. The predicted molar refractivity (Wildman–Crippen MR) is 49.3 cm³/mol. The van der Waals surface area contributed by atoms with Gasteiger partial charge in [0.25, 0.3) is 0 Å². The SMILES string of the molecule is O=C(O)Cc1nn[nH][n+]1-c1ccccc1. The summed E-state index contributed by atoms with van der Waals surface area (Å²) in [5, 5.41) is 18.6. The highest BCUT2D eigenvalue weighted by Crippen LogP contribution is 1.97. The van der Waals surface area contributed by atoms with Crippen molar-refractivity contribution in [3.63, 3.8) is 0 Å². The minimum Gasteiger partial charge on any atom is -0.481 e. The van der Waals surface area contributed by atoms with Gasteiger partial charge >= 0.3 is 11.8 Å². The number of aromatic nitrogens is 4. The molecule has 2 aromatic rings. The van der Waals surface area contributed by atoms with Crippen molar-refractivity contribution < 1.29 is 14.6 Å². The van der Waals surface area contributed by atoms with Crippen LogP contribution >= 0.6 is 0 Å². The Morgan fingerprint density at radius 3 is 2.80 bits per heavy atom. The molecule has 0 fully saturated rings. The molecule has 2 N–H and O–H groups in total. The van der Waals surface area contributed by atoms with Crippen molar-refractivity contribution in [2.75, 3.05) is 0 Å². The monoisotopic (exact) mass is 205 g/mol. The third-order valence-electron chi connectivity index (χ3n) is 1.89. The molecule has 0 saturated heterocycles. The first-order valence-corrected chi connectivity index (χ1v) is 4.36. The van der Waals surface area contributed by atoms with E-state index in [-0.39, 0.29) is 6.42 Å². The number of nitrogens with one attached hydrogen (secondary N) is 1. The Morgan fingerprint density at radius 1 is 1.40 bits per heavy atom. The van der Waals surface area contributed by atoms with Crippen molar-refractivity contribution in [3.05, 3.63) is 36.2 Å². The van der Waals surface area contributed by atoms with Crippen LogP contribution in [0.1, 0.15) is 5.82 Å². The quantitative estimate of drug-likeness (QED) is 0.674. The number of H-pyrrole nitrogens is 1. The number of carboxylic acid groups (broad SMARTS) is 1. The maximum atomic E-state index is 10.6. The first kappa shape index (κ1) is 9.32. The number of carbonyl (C=O) groups is 1. The van der Waals surface area contributed by atoms with E-state index in [0.29, 0.717) is 5.82 Å².